The van der Waals surface area contributed by atoms with Crippen LogP contribution in [-0.4, -0.2) is 28.8 Å². The van der Waals surface area contributed by atoms with Crippen LogP contribution in [0.15, 0.2) is 5.38 Å². The van der Waals surface area contributed by atoms with Crippen molar-refractivity contribution in [3.63, 3.8) is 0 Å². The molecule has 0 bridgehead atoms. The molecule has 3 N–H and O–H groups in total. The molecule has 1 unspecified atom stereocenters. The summed E-state index contributed by atoms with van der Waals surface area (Å²) in [6, 6.07) is -0.568. The molecule has 21 heavy (non-hydrogen) atoms. The number of amides is 2. The first-order chi connectivity index (χ1) is 9.50. The van der Waals surface area contributed by atoms with Crippen LogP contribution in [0.2, 0.25) is 0 Å². The second-order valence-electron chi connectivity index (χ2n) is 5.57. The Bertz CT molecular complexity index is 483. The summed E-state index contributed by atoms with van der Waals surface area (Å²) in [5, 5.41) is 15.6. The van der Waals surface area contributed by atoms with Gasteiger partial charge in [-0.1, -0.05) is 20.8 Å². The average Bonchev–Trinajstić information content (AvgIpc) is 2.80. The van der Waals surface area contributed by atoms with Gasteiger partial charge in [-0.2, -0.15) is 13.2 Å². The third-order valence-corrected chi connectivity index (χ3v) is 3.55. The molecule has 9 heteroatoms. The van der Waals surface area contributed by atoms with Gasteiger partial charge in [-0.25, -0.2) is 9.78 Å². The lowest BCUT2D eigenvalue weighted by Crippen LogP contribution is -2.43. The Balaban J connectivity index is 2.39. The van der Waals surface area contributed by atoms with Gasteiger partial charge in [0.1, 0.15) is 5.01 Å². The van der Waals surface area contributed by atoms with E-state index in [1.165, 1.54) is 0 Å². The van der Waals surface area contributed by atoms with Crippen LogP contribution in [0.4, 0.5) is 18.0 Å². The summed E-state index contributed by atoms with van der Waals surface area (Å²) >= 11 is 0.824. The normalized spacial score (nSPS) is 13.9. The molecule has 0 aliphatic carbocycles. The van der Waals surface area contributed by atoms with Crippen molar-refractivity contribution < 1.29 is 23.1 Å². The SMILES string of the molecule is CC(C)(C)C(O)CNC(=O)NCc1nc(C(F)(F)F)cs1. The summed E-state index contributed by atoms with van der Waals surface area (Å²) < 4.78 is 37.0. The molecular formula is C12H18F3N3O2S. The summed E-state index contributed by atoms with van der Waals surface area (Å²) in [6.07, 6.45) is -5.20. The summed E-state index contributed by atoms with van der Waals surface area (Å²) in [6.45, 7) is 5.43. The number of urea groups is 1. The molecule has 0 spiro atoms. The summed E-state index contributed by atoms with van der Waals surface area (Å²) in [4.78, 5) is 14.9. The van der Waals surface area contributed by atoms with Crippen molar-refractivity contribution >= 4 is 17.4 Å². The van der Waals surface area contributed by atoms with E-state index in [2.05, 4.69) is 15.6 Å². The van der Waals surface area contributed by atoms with Gasteiger partial charge in [0.25, 0.3) is 0 Å². The molecule has 1 atom stereocenters. The van der Waals surface area contributed by atoms with E-state index < -0.39 is 24.0 Å². The number of hydrogen-bond acceptors (Lipinski definition) is 4. The minimum atomic E-state index is -4.48. The molecule has 5 nitrogen and oxygen atoms in total. The van der Waals surface area contributed by atoms with Gasteiger partial charge in [-0.05, 0) is 5.41 Å². The number of nitrogens with one attached hydrogen (secondary N) is 2. The van der Waals surface area contributed by atoms with Crippen LogP contribution in [0.5, 0.6) is 0 Å². The van der Waals surface area contributed by atoms with Gasteiger partial charge in [0.05, 0.1) is 12.6 Å². The number of aliphatic hydroxyl groups excluding tert-OH is 1. The van der Waals surface area contributed by atoms with E-state index in [9.17, 15) is 23.1 Å². The van der Waals surface area contributed by atoms with E-state index in [0.29, 0.717) is 0 Å². The van der Waals surface area contributed by atoms with E-state index >= 15 is 0 Å². The summed E-state index contributed by atoms with van der Waals surface area (Å²) in [7, 11) is 0. The van der Waals surface area contributed by atoms with Gasteiger partial charge < -0.3 is 15.7 Å². The fraction of sp³-hybridized carbons (Fsp3) is 0.667. The van der Waals surface area contributed by atoms with Crippen LogP contribution in [0.3, 0.4) is 0 Å². The molecule has 0 fully saturated rings. The van der Waals surface area contributed by atoms with Crippen molar-refractivity contribution in [3.05, 3.63) is 16.1 Å². The first kappa shape index (κ1) is 17.7. The molecule has 1 aromatic heterocycles. The first-order valence-electron chi connectivity index (χ1n) is 6.21. The van der Waals surface area contributed by atoms with Crippen LogP contribution in [0.1, 0.15) is 31.5 Å². The highest BCUT2D eigenvalue weighted by Gasteiger charge is 2.33. The summed E-state index contributed by atoms with van der Waals surface area (Å²) in [5.41, 5.74) is -1.34. The number of alkyl halides is 3. The minimum Gasteiger partial charge on any atom is -0.391 e. The third kappa shape index (κ3) is 5.88. The van der Waals surface area contributed by atoms with Crippen molar-refractivity contribution in [1.29, 1.82) is 0 Å². The Morgan fingerprint density at radius 2 is 2.00 bits per heavy atom. The maximum absolute atomic E-state index is 12.3. The molecule has 120 valence electrons. The molecule has 2 amide bonds. The number of thiazole rings is 1. The largest absolute Gasteiger partial charge is 0.434 e. The Kier molecular flexibility index (Phi) is 5.57. The number of rotatable bonds is 4. The zero-order valence-electron chi connectivity index (χ0n) is 11.9. The number of carbonyl (C=O) groups is 1. The van der Waals surface area contributed by atoms with E-state index in [0.717, 1.165) is 16.7 Å². The van der Waals surface area contributed by atoms with Crippen LogP contribution in [0.25, 0.3) is 0 Å². The van der Waals surface area contributed by atoms with Crippen molar-refractivity contribution in [1.82, 2.24) is 15.6 Å². The lowest BCUT2D eigenvalue weighted by Gasteiger charge is -2.25. The van der Waals surface area contributed by atoms with Crippen molar-refractivity contribution in [2.75, 3.05) is 6.54 Å². The van der Waals surface area contributed by atoms with E-state index in [1.807, 2.05) is 20.8 Å². The minimum absolute atomic E-state index is 0.0566. The van der Waals surface area contributed by atoms with E-state index in [4.69, 9.17) is 0 Å². The van der Waals surface area contributed by atoms with Crippen molar-refractivity contribution in [2.45, 2.75) is 39.6 Å². The number of aliphatic hydroxyl groups is 1. The molecule has 0 aliphatic rings. The predicted molar refractivity (Wildman–Crippen MR) is 72.8 cm³/mol. The smallest absolute Gasteiger partial charge is 0.391 e. The zero-order chi connectivity index (χ0) is 16.3. The van der Waals surface area contributed by atoms with Gasteiger partial charge in [-0.3, -0.25) is 0 Å². The third-order valence-electron chi connectivity index (χ3n) is 2.70. The lowest BCUT2D eigenvalue weighted by atomic mass is 9.89. The zero-order valence-corrected chi connectivity index (χ0v) is 12.7. The number of carbonyl (C=O) groups excluding carboxylic acids is 1. The predicted octanol–water partition coefficient (Wildman–Crippen LogP) is 2.37. The number of aromatic nitrogens is 1. The van der Waals surface area contributed by atoms with Gasteiger partial charge in [-0.15, -0.1) is 11.3 Å². The highest BCUT2D eigenvalue weighted by Crippen LogP contribution is 2.29. The van der Waals surface area contributed by atoms with Crippen LogP contribution in [0, 0.1) is 5.41 Å². The molecule has 1 heterocycles. The van der Waals surface area contributed by atoms with Gasteiger partial charge >= 0.3 is 12.2 Å². The Morgan fingerprint density at radius 3 is 2.48 bits per heavy atom. The molecule has 1 rings (SSSR count). The summed E-state index contributed by atoms with van der Waals surface area (Å²) in [5.74, 6) is 0. The maximum Gasteiger partial charge on any atom is 0.434 e. The van der Waals surface area contributed by atoms with Crippen LogP contribution < -0.4 is 10.6 Å². The van der Waals surface area contributed by atoms with Gasteiger partial charge in [0.15, 0.2) is 5.69 Å². The van der Waals surface area contributed by atoms with Crippen LogP contribution in [-0.2, 0) is 12.7 Å². The van der Waals surface area contributed by atoms with E-state index in [-0.39, 0.29) is 23.5 Å². The molecular weight excluding hydrogens is 307 g/mol. The van der Waals surface area contributed by atoms with Crippen molar-refractivity contribution in [3.8, 4) is 0 Å². The van der Waals surface area contributed by atoms with E-state index in [1.54, 1.807) is 0 Å². The lowest BCUT2D eigenvalue weighted by molar-refractivity contribution is -0.140. The number of hydrogen-bond donors (Lipinski definition) is 3. The standard InChI is InChI=1S/C12H18F3N3O2S/c1-11(2,3)8(19)4-16-10(20)17-5-9-18-7(6-21-9)12(13,14)15/h6,8,19H,4-5H2,1-3H3,(H2,16,17,20). The quantitative estimate of drug-likeness (QED) is 0.795. The Hall–Kier alpha value is -1.35. The molecule has 0 aromatic carbocycles. The highest BCUT2D eigenvalue weighted by molar-refractivity contribution is 7.09. The van der Waals surface area contributed by atoms with Crippen LogP contribution >= 0.6 is 11.3 Å². The molecule has 0 saturated carbocycles. The Labute approximate surface area is 124 Å². The maximum atomic E-state index is 12.3. The topological polar surface area (TPSA) is 74.2 Å². The van der Waals surface area contributed by atoms with Gasteiger partial charge in [0.2, 0.25) is 0 Å². The highest BCUT2D eigenvalue weighted by atomic mass is 32.1. The molecule has 0 radical (unpaired) electrons. The molecule has 0 saturated heterocycles. The second-order valence-corrected chi connectivity index (χ2v) is 6.51. The first-order valence-corrected chi connectivity index (χ1v) is 7.09. The second kappa shape index (κ2) is 6.61. The molecule has 0 aliphatic heterocycles. The Morgan fingerprint density at radius 1 is 1.38 bits per heavy atom. The number of nitrogens with zero attached hydrogens (tertiary/aromatic N) is 1. The average molecular weight is 325 g/mol. The molecule has 1 aromatic rings. The number of halogens is 3. The fourth-order valence-corrected chi connectivity index (χ4v) is 1.98. The van der Waals surface area contributed by atoms with Crippen molar-refractivity contribution in [2.24, 2.45) is 5.41 Å². The fourth-order valence-electron chi connectivity index (χ4n) is 1.24. The van der Waals surface area contributed by atoms with Gasteiger partial charge in [0, 0.05) is 11.9 Å². The monoisotopic (exact) mass is 325 g/mol.